The lowest BCUT2D eigenvalue weighted by molar-refractivity contribution is 0.0888. The highest BCUT2D eigenvalue weighted by Gasteiger charge is 2.29. The van der Waals surface area contributed by atoms with Crippen molar-refractivity contribution in [1.82, 2.24) is 14.9 Å². The third kappa shape index (κ3) is 4.31. The third-order valence-electron chi connectivity index (χ3n) is 6.08. The van der Waals surface area contributed by atoms with Gasteiger partial charge >= 0.3 is 0 Å². The summed E-state index contributed by atoms with van der Waals surface area (Å²) in [6.07, 6.45) is 4.33. The summed E-state index contributed by atoms with van der Waals surface area (Å²) in [5.41, 5.74) is 2.81. The van der Waals surface area contributed by atoms with Crippen LogP contribution in [0.3, 0.4) is 0 Å². The van der Waals surface area contributed by atoms with Gasteiger partial charge in [0.2, 0.25) is 0 Å². The fourth-order valence-corrected chi connectivity index (χ4v) is 4.55. The van der Waals surface area contributed by atoms with Gasteiger partial charge in [-0.1, -0.05) is 35.9 Å². The summed E-state index contributed by atoms with van der Waals surface area (Å²) in [6.45, 7) is 3.16. The van der Waals surface area contributed by atoms with E-state index in [9.17, 15) is 4.79 Å². The molecule has 0 radical (unpaired) electrons. The number of aldehydes is 1. The molecule has 3 aromatic rings. The number of piperidine rings is 1. The van der Waals surface area contributed by atoms with Crippen LogP contribution in [-0.4, -0.2) is 40.9 Å². The van der Waals surface area contributed by atoms with E-state index in [0.29, 0.717) is 23.2 Å². The first-order valence-corrected chi connectivity index (χ1v) is 11.0. The second-order valence-corrected chi connectivity index (χ2v) is 8.53. The molecule has 7 heteroatoms. The highest BCUT2D eigenvalue weighted by molar-refractivity contribution is 6.30. The molecule has 31 heavy (non-hydrogen) atoms. The van der Waals surface area contributed by atoms with Gasteiger partial charge in [-0.2, -0.15) is 0 Å². The van der Waals surface area contributed by atoms with Crippen LogP contribution in [0.2, 0.25) is 5.02 Å². The van der Waals surface area contributed by atoms with Gasteiger partial charge in [-0.05, 0) is 55.6 Å². The van der Waals surface area contributed by atoms with Crippen molar-refractivity contribution in [3.63, 3.8) is 0 Å². The van der Waals surface area contributed by atoms with Crippen LogP contribution in [0.5, 0.6) is 11.5 Å². The number of aromatic amines is 1. The number of rotatable bonds is 5. The standard InChI is InChI=1S/C24H24ClN3O3/c25-18-6-4-17(5-7-18)22-15-30-24-20(2-1-3-21(24)31-22)16-8-10-28(11-9-16)13-23-26-12-19(14-29)27-23/h1-7,12,14,16,22H,8-11,13,15H2,(H,26,27)/t22-/m0/s1. The Bertz CT molecular complexity index is 1060. The van der Waals surface area contributed by atoms with Crippen molar-refractivity contribution in [3.8, 4) is 11.5 Å². The number of hydrogen-bond acceptors (Lipinski definition) is 5. The topological polar surface area (TPSA) is 67.5 Å². The SMILES string of the molecule is O=Cc1cnc(CN2CCC(c3cccc4c3OC[C@@H](c3ccc(Cl)cc3)O4)CC2)[nH]1. The number of hydrogen-bond donors (Lipinski definition) is 1. The highest BCUT2D eigenvalue weighted by Crippen LogP contribution is 2.44. The van der Waals surface area contributed by atoms with Crippen molar-refractivity contribution in [1.29, 1.82) is 0 Å². The first kappa shape index (κ1) is 20.1. The van der Waals surface area contributed by atoms with Crippen LogP contribution in [0.15, 0.2) is 48.7 Å². The van der Waals surface area contributed by atoms with Crippen molar-refractivity contribution < 1.29 is 14.3 Å². The molecule has 1 saturated heterocycles. The number of likely N-dealkylation sites (tertiary alicyclic amines) is 1. The number of halogens is 1. The van der Waals surface area contributed by atoms with E-state index in [1.807, 2.05) is 30.3 Å². The predicted molar refractivity (Wildman–Crippen MR) is 118 cm³/mol. The fourth-order valence-electron chi connectivity index (χ4n) is 4.42. The molecular formula is C24H24ClN3O3. The van der Waals surface area contributed by atoms with Gasteiger partial charge in [-0.25, -0.2) is 4.98 Å². The van der Waals surface area contributed by atoms with E-state index in [4.69, 9.17) is 21.1 Å². The van der Waals surface area contributed by atoms with E-state index in [0.717, 1.165) is 61.6 Å². The molecule has 1 atom stereocenters. The monoisotopic (exact) mass is 437 g/mol. The van der Waals surface area contributed by atoms with Crippen molar-refractivity contribution in [3.05, 3.63) is 76.3 Å². The Hall–Kier alpha value is -2.83. The number of nitrogens with one attached hydrogen (secondary N) is 1. The molecule has 0 aliphatic carbocycles. The Morgan fingerprint density at radius 3 is 2.71 bits per heavy atom. The average molecular weight is 438 g/mol. The molecule has 160 valence electrons. The molecule has 3 heterocycles. The number of carbonyl (C=O) groups is 1. The molecule has 0 spiro atoms. The molecule has 1 aromatic heterocycles. The van der Waals surface area contributed by atoms with Crippen molar-refractivity contribution in [2.24, 2.45) is 0 Å². The maximum Gasteiger partial charge on any atom is 0.167 e. The summed E-state index contributed by atoms with van der Waals surface area (Å²) < 4.78 is 12.5. The molecule has 0 saturated carbocycles. The minimum atomic E-state index is -0.133. The van der Waals surface area contributed by atoms with Gasteiger partial charge in [0, 0.05) is 10.6 Å². The second-order valence-electron chi connectivity index (χ2n) is 8.10. The zero-order chi connectivity index (χ0) is 21.2. The Labute approximate surface area is 186 Å². The van der Waals surface area contributed by atoms with Crippen LogP contribution >= 0.6 is 11.6 Å². The summed E-state index contributed by atoms with van der Waals surface area (Å²) in [5.74, 6) is 2.96. The number of benzene rings is 2. The summed E-state index contributed by atoms with van der Waals surface area (Å²) >= 11 is 6.01. The second kappa shape index (κ2) is 8.73. The molecule has 0 amide bonds. The van der Waals surface area contributed by atoms with Crippen molar-refractivity contribution in [2.45, 2.75) is 31.4 Å². The first-order chi connectivity index (χ1) is 15.2. The largest absolute Gasteiger partial charge is 0.485 e. The molecule has 0 unspecified atom stereocenters. The molecule has 2 aliphatic heterocycles. The lowest BCUT2D eigenvalue weighted by atomic mass is 9.88. The van der Waals surface area contributed by atoms with Gasteiger partial charge in [-0.15, -0.1) is 0 Å². The minimum Gasteiger partial charge on any atom is -0.485 e. The predicted octanol–water partition coefficient (Wildman–Crippen LogP) is 4.77. The van der Waals surface area contributed by atoms with Gasteiger partial charge in [0.25, 0.3) is 0 Å². The molecule has 2 aliphatic rings. The summed E-state index contributed by atoms with van der Waals surface area (Å²) in [7, 11) is 0. The Morgan fingerprint density at radius 1 is 1.16 bits per heavy atom. The van der Waals surface area contributed by atoms with E-state index < -0.39 is 0 Å². The van der Waals surface area contributed by atoms with Crippen molar-refractivity contribution in [2.75, 3.05) is 19.7 Å². The Balaban J connectivity index is 1.24. The molecular weight excluding hydrogens is 414 g/mol. The molecule has 2 aromatic carbocycles. The van der Waals surface area contributed by atoms with Crippen molar-refractivity contribution >= 4 is 17.9 Å². The number of carbonyl (C=O) groups excluding carboxylic acids is 1. The van der Waals surface area contributed by atoms with E-state index in [-0.39, 0.29) is 6.10 Å². The summed E-state index contributed by atoms with van der Waals surface area (Å²) in [6, 6.07) is 13.9. The third-order valence-corrected chi connectivity index (χ3v) is 6.33. The smallest absolute Gasteiger partial charge is 0.167 e. The number of H-pyrrole nitrogens is 1. The normalized spacial score (nSPS) is 19.3. The maximum atomic E-state index is 10.8. The number of imidazole rings is 1. The summed E-state index contributed by atoms with van der Waals surface area (Å²) in [4.78, 5) is 20.5. The fraction of sp³-hybridized carbons (Fsp3) is 0.333. The molecule has 1 N–H and O–H groups in total. The quantitative estimate of drug-likeness (QED) is 0.582. The lowest BCUT2D eigenvalue weighted by Gasteiger charge is -2.34. The van der Waals surface area contributed by atoms with E-state index in [1.165, 1.54) is 5.56 Å². The van der Waals surface area contributed by atoms with Gasteiger partial charge in [0.05, 0.1) is 18.4 Å². The average Bonchev–Trinajstić information content (AvgIpc) is 3.27. The number of para-hydroxylation sites is 1. The number of fused-ring (bicyclic) bond motifs is 1. The number of ether oxygens (including phenoxy) is 2. The molecule has 1 fully saturated rings. The van der Waals surface area contributed by atoms with Crippen LogP contribution in [0.1, 0.15) is 52.3 Å². The zero-order valence-electron chi connectivity index (χ0n) is 17.1. The summed E-state index contributed by atoms with van der Waals surface area (Å²) in [5, 5.41) is 0.714. The van der Waals surface area contributed by atoms with Gasteiger partial charge < -0.3 is 14.5 Å². The molecule has 6 nitrogen and oxygen atoms in total. The van der Waals surface area contributed by atoms with Crippen LogP contribution in [0.25, 0.3) is 0 Å². The Kier molecular flexibility index (Phi) is 5.66. The lowest BCUT2D eigenvalue weighted by Crippen LogP contribution is -2.33. The van der Waals surface area contributed by atoms with E-state index in [2.05, 4.69) is 27.0 Å². The van der Waals surface area contributed by atoms with E-state index in [1.54, 1.807) is 6.20 Å². The van der Waals surface area contributed by atoms with E-state index >= 15 is 0 Å². The molecule has 5 rings (SSSR count). The number of aromatic nitrogens is 2. The highest BCUT2D eigenvalue weighted by atomic mass is 35.5. The first-order valence-electron chi connectivity index (χ1n) is 10.6. The van der Waals surface area contributed by atoms with Crippen LogP contribution in [-0.2, 0) is 6.54 Å². The maximum absolute atomic E-state index is 10.8. The van der Waals surface area contributed by atoms with Gasteiger partial charge in [0.1, 0.15) is 12.4 Å². The minimum absolute atomic E-state index is 0.133. The van der Waals surface area contributed by atoms with Gasteiger partial charge in [0.15, 0.2) is 23.9 Å². The molecule has 0 bridgehead atoms. The number of nitrogens with zero attached hydrogens (tertiary/aromatic N) is 2. The van der Waals surface area contributed by atoms with Crippen LogP contribution in [0, 0.1) is 0 Å². The zero-order valence-corrected chi connectivity index (χ0v) is 17.8. The Morgan fingerprint density at radius 2 is 1.97 bits per heavy atom. The van der Waals surface area contributed by atoms with Gasteiger partial charge in [-0.3, -0.25) is 9.69 Å². The van der Waals surface area contributed by atoms with Crippen LogP contribution in [0.4, 0.5) is 0 Å². The van der Waals surface area contributed by atoms with Crippen LogP contribution < -0.4 is 9.47 Å².